The Hall–Kier alpha value is -0.880. The first-order chi connectivity index (χ1) is 10.6. The summed E-state index contributed by atoms with van der Waals surface area (Å²) < 4.78 is 5.28. The van der Waals surface area contributed by atoms with Crippen molar-refractivity contribution in [2.75, 3.05) is 39.1 Å². The van der Waals surface area contributed by atoms with Crippen LogP contribution in [-0.2, 0) is 4.79 Å². The zero-order valence-corrected chi connectivity index (χ0v) is 16.4. The highest BCUT2D eigenvalue weighted by molar-refractivity contribution is 6.30. The molecule has 2 N–H and O–H groups in total. The van der Waals surface area contributed by atoms with Crippen molar-refractivity contribution in [1.82, 2.24) is 10.2 Å². The summed E-state index contributed by atoms with van der Waals surface area (Å²) >= 11 is 5.99. The number of nitrogens with zero attached hydrogens (tertiary/aromatic N) is 1. The molecule has 1 aromatic rings. The maximum absolute atomic E-state index is 12.3. The van der Waals surface area contributed by atoms with E-state index < -0.39 is 0 Å². The Labute approximate surface area is 161 Å². The smallest absolute Gasteiger partial charge is 0.224 e. The van der Waals surface area contributed by atoms with Crippen LogP contribution in [0.2, 0.25) is 5.02 Å². The Morgan fingerprint density at radius 1 is 1.38 bits per heavy atom. The molecule has 0 radical (unpaired) electrons. The minimum Gasteiger partial charge on any atom is -0.495 e. The molecule has 0 atom stereocenters. The summed E-state index contributed by atoms with van der Waals surface area (Å²) in [5.74, 6) is 0.893. The molecule has 1 aliphatic rings. The van der Waals surface area contributed by atoms with Gasteiger partial charge in [-0.15, -0.1) is 24.8 Å². The molecule has 1 saturated heterocycles. The van der Waals surface area contributed by atoms with Crippen molar-refractivity contribution < 1.29 is 9.53 Å². The van der Waals surface area contributed by atoms with Crippen LogP contribution in [0.3, 0.4) is 0 Å². The van der Waals surface area contributed by atoms with Crippen LogP contribution < -0.4 is 15.4 Å². The van der Waals surface area contributed by atoms with Gasteiger partial charge in [-0.1, -0.05) is 11.6 Å². The Morgan fingerprint density at radius 2 is 2.04 bits per heavy atom. The number of carbonyl (C=O) groups excluding carboxylic acids is 1. The van der Waals surface area contributed by atoms with Gasteiger partial charge >= 0.3 is 0 Å². The van der Waals surface area contributed by atoms with Gasteiger partial charge in [-0.05, 0) is 44.1 Å². The van der Waals surface area contributed by atoms with E-state index in [1.807, 2.05) is 18.0 Å². The third-order valence-electron chi connectivity index (χ3n) is 4.07. The van der Waals surface area contributed by atoms with Gasteiger partial charge in [-0.3, -0.25) is 4.79 Å². The predicted octanol–water partition coefficient (Wildman–Crippen LogP) is 3.20. The van der Waals surface area contributed by atoms with Crippen LogP contribution in [0.5, 0.6) is 5.75 Å². The first kappa shape index (κ1) is 23.1. The molecule has 0 bridgehead atoms. The number of anilines is 1. The molecule has 2 rings (SSSR count). The molecular weight excluding hydrogens is 373 g/mol. The third kappa shape index (κ3) is 6.55. The van der Waals surface area contributed by atoms with Crippen molar-refractivity contribution in [3.8, 4) is 5.75 Å². The van der Waals surface area contributed by atoms with Crippen LogP contribution in [-0.4, -0.2) is 50.6 Å². The second kappa shape index (κ2) is 11.6. The highest BCUT2D eigenvalue weighted by Gasteiger charge is 2.21. The molecule has 0 saturated carbocycles. The second-order valence-corrected chi connectivity index (χ2v) is 5.94. The van der Waals surface area contributed by atoms with Crippen molar-refractivity contribution in [3.63, 3.8) is 0 Å². The quantitative estimate of drug-likeness (QED) is 0.772. The summed E-state index contributed by atoms with van der Waals surface area (Å²) in [7, 11) is 3.52. The van der Waals surface area contributed by atoms with Crippen LogP contribution in [0, 0.1) is 0 Å². The largest absolute Gasteiger partial charge is 0.495 e. The first-order valence-corrected chi connectivity index (χ1v) is 8.03. The highest BCUT2D eigenvalue weighted by atomic mass is 35.5. The number of rotatable bonds is 6. The average Bonchev–Trinajstić information content (AvgIpc) is 2.55. The molecule has 138 valence electrons. The molecule has 1 aliphatic heterocycles. The van der Waals surface area contributed by atoms with Gasteiger partial charge < -0.3 is 20.3 Å². The second-order valence-electron chi connectivity index (χ2n) is 5.51. The van der Waals surface area contributed by atoms with Gasteiger partial charge in [0.15, 0.2) is 0 Å². The summed E-state index contributed by atoms with van der Waals surface area (Å²) in [5, 5.41) is 7.18. The molecule has 5 nitrogen and oxygen atoms in total. The molecule has 0 unspecified atom stereocenters. The van der Waals surface area contributed by atoms with Crippen LogP contribution in [0.25, 0.3) is 0 Å². The number of amides is 1. The Balaban J connectivity index is 0.00000264. The Bertz CT molecular complexity index is 511. The van der Waals surface area contributed by atoms with Crippen molar-refractivity contribution in [2.45, 2.75) is 25.3 Å². The zero-order chi connectivity index (χ0) is 15.9. The highest BCUT2D eigenvalue weighted by Crippen LogP contribution is 2.27. The normalized spacial score (nSPS) is 14.1. The number of benzene rings is 1. The Morgan fingerprint density at radius 3 is 2.67 bits per heavy atom. The lowest BCUT2D eigenvalue weighted by Crippen LogP contribution is -2.44. The molecule has 1 aromatic carbocycles. The fraction of sp³-hybridized carbons (Fsp3) is 0.562. The minimum atomic E-state index is 0. The number of hydrogen-bond donors (Lipinski definition) is 2. The number of halogens is 3. The van der Waals surface area contributed by atoms with Gasteiger partial charge in [0.2, 0.25) is 5.91 Å². The fourth-order valence-electron chi connectivity index (χ4n) is 2.70. The van der Waals surface area contributed by atoms with E-state index in [9.17, 15) is 4.79 Å². The van der Waals surface area contributed by atoms with Crippen molar-refractivity contribution in [2.24, 2.45) is 0 Å². The van der Waals surface area contributed by atoms with Crippen LogP contribution in [0.15, 0.2) is 18.2 Å². The lowest BCUT2D eigenvalue weighted by molar-refractivity contribution is -0.132. The topological polar surface area (TPSA) is 53.6 Å². The lowest BCUT2D eigenvalue weighted by Gasteiger charge is -2.31. The van der Waals surface area contributed by atoms with E-state index in [1.54, 1.807) is 19.2 Å². The maximum atomic E-state index is 12.3. The van der Waals surface area contributed by atoms with Crippen molar-refractivity contribution in [1.29, 1.82) is 0 Å². The number of carbonyl (C=O) groups is 1. The summed E-state index contributed by atoms with van der Waals surface area (Å²) in [5.41, 5.74) is 0.812. The van der Waals surface area contributed by atoms with Gasteiger partial charge in [0.05, 0.1) is 12.8 Å². The SMILES string of the molecule is COc1ccc(Cl)cc1NCCC(=O)N(C)C1CCNCC1.Cl.Cl. The molecule has 1 amide bonds. The summed E-state index contributed by atoms with van der Waals surface area (Å²) in [6.45, 7) is 2.53. The Kier molecular flexibility index (Phi) is 11.2. The van der Waals surface area contributed by atoms with E-state index in [1.165, 1.54) is 0 Å². The van der Waals surface area contributed by atoms with Gasteiger partial charge in [-0.25, -0.2) is 0 Å². The molecule has 24 heavy (non-hydrogen) atoms. The average molecular weight is 399 g/mol. The van der Waals surface area contributed by atoms with Gasteiger partial charge in [0, 0.05) is 31.1 Å². The van der Waals surface area contributed by atoms with E-state index in [-0.39, 0.29) is 30.7 Å². The van der Waals surface area contributed by atoms with E-state index in [0.29, 0.717) is 24.0 Å². The summed E-state index contributed by atoms with van der Waals surface area (Å²) in [6.07, 6.45) is 2.51. The van der Waals surface area contributed by atoms with Crippen molar-refractivity contribution >= 4 is 48.0 Å². The number of ether oxygens (including phenoxy) is 1. The summed E-state index contributed by atoms with van der Waals surface area (Å²) in [4.78, 5) is 14.1. The molecule has 1 heterocycles. The predicted molar refractivity (Wildman–Crippen MR) is 104 cm³/mol. The van der Waals surface area contributed by atoms with E-state index in [0.717, 1.165) is 37.4 Å². The zero-order valence-electron chi connectivity index (χ0n) is 14.0. The van der Waals surface area contributed by atoms with Crippen LogP contribution in [0.4, 0.5) is 5.69 Å². The molecule has 0 aromatic heterocycles. The number of nitrogens with one attached hydrogen (secondary N) is 2. The van der Waals surface area contributed by atoms with Crippen LogP contribution in [0.1, 0.15) is 19.3 Å². The van der Waals surface area contributed by atoms with E-state index >= 15 is 0 Å². The number of methoxy groups -OCH3 is 1. The fourth-order valence-corrected chi connectivity index (χ4v) is 2.87. The monoisotopic (exact) mass is 397 g/mol. The third-order valence-corrected chi connectivity index (χ3v) is 4.30. The standard InChI is InChI=1S/C16H24ClN3O2.2ClH/c1-20(13-5-8-18-9-6-13)16(21)7-10-19-14-11-12(17)3-4-15(14)22-2;;/h3-4,11,13,18-19H,5-10H2,1-2H3;2*1H. The lowest BCUT2D eigenvalue weighted by atomic mass is 10.1. The van der Waals surface area contributed by atoms with Gasteiger partial charge in [-0.2, -0.15) is 0 Å². The number of hydrogen-bond acceptors (Lipinski definition) is 4. The number of piperidine rings is 1. The molecule has 1 fully saturated rings. The first-order valence-electron chi connectivity index (χ1n) is 7.65. The van der Waals surface area contributed by atoms with Crippen molar-refractivity contribution in [3.05, 3.63) is 23.2 Å². The summed E-state index contributed by atoms with van der Waals surface area (Å²) in [6, 6.07) is 5.76. The van der Waals surface area contributed by atoms with E-state index in [4.69, 9.17) is 16.3 Å². The molecule has 0 aliphatic carbocycles. The van der Waals surface area contributed by atoms with Crippen LogP contribution >= 0.6 is 36.4 Å². The van der Waals surface area contributed by atoms with Gasteiger partial charge in [0.1, 0.15) is 5.75 Å². The minimum absolute atomic E-state index is 0. The van der Waals surface area contributed by atoms with Gasteiger partial charge in [0.25, 0.3) is 0 Å². The molecule has 8 heteroatoms. The molecule has 0 spiro atoms. The maximum Gasteiger partial charge on any atom is 0.224 e. The molecular formula is C16H26Cl3N3O2. The van der Waals surface area contributed by atoms with E-state index in [2.05, 4.69) is 10.6 Å².